The normalized spacial score (nSPS) is 12.4. The van der Waals surface area contributed by atoms with Crippen LogP contribution in [0.2, 0.25) is 0 Å². The van der Waals surface area contributed by atoms with Gasteiger partial charge in [-0.05, 0) is 96.2 Å². The Hall–Kier alpha value is -3.52. The average molecular weight is 926 g/mol. The highest BCUT2D eigenvalue weighted by Gasteiger charge is 2.16. The lowest BCUT2D eigenvalue weighted by atomic mass is 9.86. The zero-order chi connectivity index (χ0) is 48.0. The number of nitrogen functional groups attached to an aromatic ring is 2. The number of unbranched alkanes of at least 4 members (excludes halogenated alkanes) is 31. The summed E-state index contributed by atoms with van der Waals surface area (Å²) in [5, 5.41) is 0. The first-order valence-corrected chi connectivity index (χ1v) is 29.5. The first-order valence-electron chi connectivity index (χ1n) is 29.5. The standard InChI is InChI=1S/C66H104N2/c1-3-5-7-9-11-13-23-27-31-35-39-65(61-49-53-63(67)54-50-61)59-45-41-57(42-46-59)37-33-29-25-21-19-17-15-16-18-20-22-26-30-34-38-58-43-47-60(48-44-58)66(62-51-55-64(68)56-52-62)40-36-32-28-24-14-12-10-8-6-4-2/h41-56,65-66H,3-40,67-68H2,1-2H3. The Morgan fingerprint density at radius 2 is 0.456 bits per heavy atom. The van der Waals surface area contributed by atoms with Crippen LogP contribution in [0.1, 0.15) is 290 Å². The molecule has 4 aromatic rings. The van der Waals surface area contributed by atoms with Crippen molar-refractivity contribution in [3.8, 4) is 0 Å². The van der Waals surface area contributed by atoms with Crippen molar-refractivity contribution in [1.29, 1.82) is 0 Å². The molecule has 4 aromatic carbocycles. The SMILES string of the molecule is CCCCCCCCCCCCC(c1ccc(N)cc1)c1ccc(CCCCCCCCCCCCCCCCc2ccc(C(CCCCCCCCCCCC)c3ccc(N)cc3)cc2)cc1. The van der Waals surface area contributed by atoms with Crippen LogP contribution in [0.15, 0.2) is 97.1 Å². The monoisotopic (exact) mass is 925 g/mol. The van der Waals surface area contributed by atoms with Crippen molar-refractivity contribution in [2.45, 2.75) is 270 Å². The summed E-state index contributed by atoms with van der Waals surface area (Å²) >= 11 is 0. The van der Waals surface area contributed by atoms with Crippen LogP contribution in [0.3, 0.4) is 0 Å². The van der Waals surface area contributed by atoms with E-state index in [9.17, 15) is 0 Å². The maximum atomic E-state index is 6.07. The van der Waals surface area contributed by atoms with Crippen LogP contribution in [0.4, 0.5) is 11.4 Å². The van der Waals surface area contributed by atoms with Gasteiger partial charge >= 0.3 is 0 Å². The van der Waals surface area contributed by atoms with Crippen LogP contribution in [-0.2, 0) is 12.8 Å². The molecule has 2 atom stereocenters. The van der Waals surface area contributed by atoms with Crippen LogP contribution in [0, 0.1) is 0 Å². The predicted octanol–water partition coefficient (Wildman–Crippen LogP) is 21.0. The summed E-state index contributed by atoms with van der Waals surface area (Å²) in [7, 11) is 0. The van der Waals surface area contributed by atoms with Crippen molar-refractivity contribution in [2.75, 3.05) is 11.5 Å². The Labute approximate surface area is 421 Å². The Balaban J connectivity index is 0.982. The van der Waals surface area contributed by atoms with Gasteiger partial charge in [-0.2, -0.15) is 0 Å². The van der Waals surface area contributed by atoms with Crippen molar-refractivity contribution in [3.63, 3.8) is 0 Å². The van der Waals surface area contributed by atoms with Gasteiger partial charge in [0.1, 0.15) is 0 Å². The topological polar surface area (TPSA) is 52.0 Å². The van der Waals surface area contributed by atoms with Crippen molar-refractivity contribution >= 4 is 11.4 Å². The molecule has 0 heterocycles. The molecule has 0 saturated carbocycles. The average Bonchev–Trinajstić information content (AvgIpc) is 3.36. The zero-order valence-electron chi connectivity index (χ0n) is 44.4. The first kappa shape index (κ1) is 57.1. The van der Waals surface area contributed by atoms with Gasteiger partial charge in [0.25, 0.3) is 0 Å². The maximum Gasteiger partial charge on any atom is 0.0314 e. The third-order valence-corrected chi connectivity index (χ3v) is 15.3. The van der Waals surface area contributed by atoms with Gasteiger partial charge in [-0.1, -0.05) is 292 Å². The van der Waals surface area contributed by atoms with Crippen molar-refractivity contribution in [1.82, 2.24) is 0 Å². The minimum atomic E-state index is 0.467. The van der Waals surface area contributed by atoms with Crippen LogP contribution >= 0.6 is 0 Å². The quantitative estimate of drug-likeness (QED) is 0.0343. The number of nitrogens with two attached hydrogens (primary N) is 2. The maximum absolute atomic E-state index is 6.07. The van der Waals surface area contributed by atoms with Gasteiger partial charge in [0.05, 0.1) is 0 Å². The van der Waals surface area contributed by atoms with E-state index in [1.165, 1.54) is 277 Å². The Morgan fingerprint density at radius 3 is 0.706 bits per heavy atom. The van der Waals surface area contributed by atoms with Gasteiger partial charge in [-0.3, -0.25) is 0 Å². The summed E-state index contributed by atoms with van der Waals surface area (Å²) in [5.74, 6) is 0.934. The molecule has 0 spiro atoms. The molecule has 0 bridgehead atoms. The molecule has 0 fully saturated rings. The predicted molar refractivity (Wildman–Crippen MR) is 303 cm³/mol. The molecular weight excluding hydrogens is 821 g/mol. The number of benzene rings is 4. The lowest BCUT2D eigenvalue weighted by Gasteiger charge is -2.19. The second-order valence-electron chi connectivity index (χ2n) is 21.3. The highest BCUT2D eigenvalue weighted by molar-refractivity contribution is 5.44. The second kappa shape index (κ2) is 38.3. The largest absolute Gasteiger partial charge is 0.399 e. The van der Waals surface area contributed by atoms with E-state index < -0.39 is 0 Å². The molecular formula is C66H104N2. The van der Waals surface area contributed by atoms with Crippen molar-refractivity contribution in [2.24, 2.45) is 0 Å². The third kappa shape index (κ3) is 25.9. The second-order valence-corrected chi connectivity index (χ2v) is 21.3. The summed E-state index contributed by atoms with van der Waals surface area (Å²) < 4.78 is 0. The minimum absolute atomic E-state index is 0.467. The fourth-order valence-electron chi connectivity index (χ4n) is 10.8. The fraction of sp³-hybridized carbons (Fsp3) is 0.636. The number of hydrogen-bond acceptors (Lipinski definition) is 2. The van der Waals surface area contributed by atoms with E-state index in [2.05, 4.69) is 111 Å². The lowest BCUT2D eigenvalue weighted by molar-refractivity contribution is 0.533. The number of hydrogen-bond donors (Lipinski definition) is 2. The van der Waals surface area contributed by atoms with Gasteiger partial charge in [0.15, 0.2) is 0 Å². The summed E-state index contributed by atoms with van der Waals surface area (Å²) in [4.78, 5) is 0. The molecule has 0 radical (unpaired) electrons. The van der Waals surface area contributed by atoms with E-state index in [0.29, 0.717) is 11.8 Å². The molecule has 378 valence electrons. The fourth-order valence-corrected chi connectivity index (χ4v) is 10.8. The summed E-state index contributed by atoms with van der Waals surface area (Å²) in [6.45, 7) is 4.61. The van der Waals surface area contributed by atoms with Gasteiger partial charge in [-0.25, -0.2) is 0 Å². The van der Waals surface area contributed by atoms with Gasteiger partial charge in [0, 0.05) is 23.2 Å². The van der Waals surface area contributed by atoms with Crippen molar-refractivity contribution < 1.29 is 0 Å². The molecule has 4 N–H and O–H groups in total. The smallest absolute Gasteiger partial charge is 0.0314 e. The summed E-state index contributed by atoms with van der Waals surface area (Å²) in [6.07, 6.45) is 52.1. The molecule has 0 amide bonds. The van der Waals surface area contributed by atoms with E-state index in [0.717, 1.165) is 11.4 Å². The molecule has 2 unspecified atom stereocenters. The Bertz CT molecular complexity index is 1590. The lowest BCUT2D eigenvalue weighted by Crippen LogP contribution is -2.02. The first-order chi connectivity index (χ1) is 33.6. The summed E-state index contributed by atoms with van der Waals surface area (Å²) in [6, 6.07) is 36.7. The van der Waals surface area contributed by atoms with E-state index in [1.54, 1.807) is 0 Å². The van der Waals surface area contributed by atoms with Crippen LogP contribution in [0.5, 0.6) is 0 Å². The molecule has 2 heteroatoms. The van der Waals surface area contributed by atoms with Gasteiger partial charge in [0.2, 0.25) is 0 Å². The van der Waals surface area contributed by atoms with E-state index in [1.807, 2.05) is 0 Å². The molecule has 0 aliphatic rings. The highest BCUT2D eigenvalue weighted by atomic mass is 14.5. The zero-order valence-corrected chi connectivity index (χ0v) is 44.4. The third-order valence-electron chi connectivity index (χ3n) is 15.3. The molecule has 4 rings (SSSR count). The molecule has 2 nitrogen and oxygen atoms in total. The number of anilines is 2. The molecule has 0 aliphatic carbocycles. The Morgan fingerprint density at radius 1 is 0.250 bits per heavy atom. The van der Waals surface area contributed by atoms with Crippen LogP contribution < -0.4 is 11.5 Å². The molecule has 68 heavy (non-hydrogen) atoms. The summed E-state index contributed by atoms with van der Waals surface area (Å²) in [5.41, 5.74) is 22.6. The highest BCUT2D eigenvalue weighted by Crippen LogP contribution is 2.33. The number of aryl methyl sites for hydroxylation is 2. The van der Waals surface area contributed by atoms with Crippen LogP contribution in [0.25, 0.3) is 0 Å². The van der Waals surface area contributed by atoms with E-state index >= 15 is 0 Å². The van der Waals surface area contributed by atoms with Crippen LogP contribution in [-0.4, -0.2) is 0 Å². The molecule has 0 saturated heterocycles. The Kier molecular flexibility index (Phi) is 32.1. The molecule has 0 aromatic heterocycles. The molecule has 0 aliphatic heterocycles. The van der Waals surface area contributed by atoms with Gasteiger partial charge < -0.3 is 11.5 Å². The van der Waals surface area contributed by atoms with E-state index in [-0.39, 0.29) is 0 Å². The van der Waals surface area contributed by atoms with Gasteiger partial charge in [-0.15, -0.1) is 0 Å². The van der Waals surface area contributed by atoms with E-state index in [4.69, 9.17) is 11.5 Å². The number of rotatable bonds is 43. The van der Waals surface area contributed by atoms with Crippen molar-refractivity contribution in [3.05, 3.63) is 130 Å². The minimum Gasteiger partial charge on any atom is -0.399 e.